The highest BCUT2D eigenvalue weighted by atomic mass is 35.5. The van der Waals surface area contributed by atoms with Crippen LogP contribution in [0.25, 0.3) is 0 Å². The third kappa shape index (κ3) is 2.21. The number of aryl methyl sites for hydroxylation is 1. The van der Waals surface area contributed by atoms with Gasteiger partial charge in [-0.1, -0.05) is 6.42 Å². The molecule has 0 bridgehead atoms. The summed E-state index contributed by atoms with van der Waals surface area (Å²) < 4.78 is 0. The first-order chi connectivity index (χ1) is 7.72. The Morgan fingerprint density at radius 2 is 2.50 bits per heavy atom. The molecule has 0 radical (unpaired) electrons. The van der Waals surface area contributed by atoms with Crippen molar-refractivity contribution in [1.29, 1.82) is 0 Å². The SMILES string of the molecule is Cc1[nH]ncc1C(=O)NC1CCCC1CCl. The molecule has 1 aromatic rings. The Bertz CT molecular complexity index is 377. The molecule has 1 fully saturated rings. The van der Waals surface area contributed by atoms with Crippen molar-refractivity contribution in [3.63, 3.8) is 0 Å². The largest absolute Gasteiger partial charge is 0.349 e. The van der Waals surface area contributed by atoms with Crippen molar-refractivity contribution in [2.24, 2.45) is 5.92 Å². The molecule has 2 unspecified atom stereocenters. The first kappa shape index (κ1) is 11.5. The summed E-state index contributed by atoms with van der Waals surface area (Å²) in [6, 6.07) is 0.222. The number of nitrogens with one attached hydrogen (secondary N) is 2. The number of rotatable bonds is 3. The fraction of sp³-hybridized carbons (Fsp3) is 0.636. The molecular weight excluding hydrogens is 226 g/mol. The van der Waals surface area contributed by atoms with E-state index in [1.807, 2.05) is 6.92 Å². The topological polar surface area (TPSA) is 57.8 Å². The molecule has 0 aromatic carbocycles. The van der Waals surface area contributed by atoms with Crippen LogP contribution in [0, 0.1) is 12.8 Å². The summed E-state index contributed by atoms with van der Waals surface area (Å²) in [6.07, 6.45) is 4.85. The third-order valence-corrected chi connectivity index (χ3v) is 3.64. The van der Waals surface area contributed by atoms with E-state index in [4.69, 9.17) is 11.6 Å². The Labute approximate surface area is 99.8 Å². The van der Waals surface area contributed by atoms with E-state index in [-0.39, 0.29) is 11.9 Å². The van der Waals surface area contributed by atoms with Crippen molar-refractivity contribution in [1.82, 2.24) is 15.5 Å². The molecule has 5 heteroatoms. The maximum absolute atomic E-state index is 11.9. The lowest BCUT2D eigenvalue weighted by Crippen LogP contribution is -2.38. The summed E-state index contributed by atoms with van der Waals surface area (Å²) in [5, 5.41) is 9.65. The van der Waals surface area contributed by atoms with E-state index in [1.165, 1.54) is 0 Å². The number of aromatic amines is 1. The average Bonchev–Trinajstić information content (AvgIpc) is 2.86. The van der Waals surface area contributed by atoms with Gasteiger partial charge >= 0.3 is 0 Å². The molecule has 1 aliphatic carbocycles. The van der Waals surface area contributed by atoms with Crippen LogP contribution in [0.4, 0.5) is 0 Å². The van der Waals surface area contributed by atoms with E-state index in [0.717, 1.165) is 25.0 Å². The molecule has 0 saturated heterocycles. The van der Waals surface area contributed by atoms with Crippen molar-refractivity contribution in [3.05, 3.63) is 17.5 Å². The van der Waals surface area contributed by atoms with E-state index in [2.05, 4.69) is 15.5 Å². The Morgan fingerprint density at radius 3 is 3.12 bits per heavy atom. The predicted octanol–water partition coefficient (Wildman–Crippen LogP) is 1.86. The van der Waals surface area contributed by atoms with E-state index in [9.17, 15) is 4.79 Å². The summed E-state index contributed by atoms with van der Waals surface area (Å²) in [5.41, 5.74) is 1.43. The average molecular weight is 242 g/mol. The number of hydrogen-bond acceptors (Lipinski definition) is 2. The van der Waals surface area contributed by atoms with Gasteiger partial charge < -0.3 is 5.32 Å². The van der Waals surface area contributed by atoms with Gasteiger partial charge in [0, 0.05) is 17.6 Å². The lowest BCUT2D eigenvalue weighted by atomic mass is 10.1. The van der Waals surface area contributed by atoms with Crippen molar-refractivity contribution in [3.8, 4) is 0 Å². The zero-order valence-corrected chi connectivity index (χ0v) is 10.0. The van der Waals surface area contributed by atoms with Gasteiger partial charge in [-0.15, -0.1) is 11.6 Å². The minimum absolute atomic E-state index is 0.0479. The third-order valence-electron chi connectivity index (χ3n) is 3.25. The number of carbonyl (C=O) groups excluding carboxylic acids is 1. The quantitative estimate of drug-likeness (QED) is 0.794. The van der Waals surface area contributed by atoms with Gasteiger partial charge in [-0.3, -0.25) is 9.89 Å². The number of aromatic nitrogens is 2. The van der Waals surface area contributed by atoms with Gasteiger partial charge in [-0.25, -0.2) is 0 Å². The molecular formula is C11H16ClN3O. The molecule has 2 rings (SSSR count). The highest BCUT2D eigenvalue weighted by Crippen LogP contribution is 2.26. The number of H-pyrrole nitrogens is 1. The Kier molecular flexibility index (Phi) is 3.49. The standard InChI is InChI=1S/C11H16ClN3O/c1-7-9(6-13-15-7)11(16)14-10-4-2-3-8(10)5-12/h6,8,10H,2-5H2,1H3,(H,13,15)(H,14,16). The number of alkyl halides is 1. The normalized spacial score (nSPS) is 24.6. The molecule has 16 heavy (non-hydrogen) atoms. The van der Waals surface area contributed by atoms with Crippen LogP contribution >= 0.6 is 11.6 Å². The summed E-state index contributed by atoms with van der Waals surface area (Å²) in [7, 11) is 0. The van der Waals surface area contributed by atoms with Gasteiger partial charge in [0.15, 0.2) is 0 Å². The fourth-order valence-corrected chi connectivity index (χ4v) is 2.61. The summed E-state index contributed by atoms with van der Waals surface area (Å²) in [6.45, 7) is 1.84. The highest BCUT2D eigenvalue weighted by molar-refractivity contribution is 6.18. The number of hydrogen-bond donors (Lipinski definition) is 2. The maximum atomic E-state index is 11.9. The molecule has 88 valence electrons. The molecule has 1 aliphatic rings. The van der Waals surface area contributed by atoms with E-state index < -0.39 is 0 Å². The first-order valence-electron chi connectivity index (χ1n) is 5.59. The number of carbonyl (C=O) groups is 1. The predicted molar refractivity (Wildman–Crippen MR) is 62.6 cm³/mol. The number of halogens is 1. The second-order valence-electron chi connectivity index (χ2n) is 4.33. The molecule has 1 aromatic heterocycles. The first-order valence-corrected chi connectivity index (χ1v) is 6.12. The van der Waals surface area contributed by atoms with Crippen molar-refractivity contribution < 1.29 is 4.79 Å². The van der Waals surface area contributed by atoms with Crippen molar-refractivity contribution in [2.75, 3.05) is 5.88 Å². The zero-order chi connectivity index (χ0) is 11.5. The smallest absolute Gasteiger partial charge is 0.254 e. The molecule has 1 heterocycles. The van der Waals surface area contributed by atoms with Gasteiger partial charge in [0.05, 0.1) is 11.8 Å². The molecule has 1 amide bonds. The second-order valence-corrected chi connectivity index (χ2v) is 4.64. The van der Waals surface area contributed by atoms with Crippen molar-refractivity contribution in [2.45, 2.75) is 32.2 Å². The van der Waals surface area contributed by atoms with Crippen LogP contribution < -0.4 is 5.32 Å². The Balaban J connectivity index is 2.00. The molecule has 1 saturated carbocycles. The van der Waals surface area contributed by atoms with Gasteiger partial charge in [0.2, 0.25) is 0 Å². The monoisotopic (exact) mass is 241 g/mol. The minimum atomic E-state index is -0.0479. The van der Waals surface area contributed by atoms with Crippen LogP contribution in [-0.4, -0.2) is 28.0 Å². The Morgan fingerprint density at radius 1 is 1.69 bits per heavy atom. The Hall–Kier alpha value is -1.03. The van der Waals surface area contributed by atoms with Crippen LogP contribution in [-0.2, 0) is 0 Å². The molecule has 0 aliphatic heterocycles. The summed E-state index contributed by atoms with van der Waals surface area (Å²) in [5.74, 6) is 0.987. The lowest BCUT2D eigenvalue weighted by molar-refractivity contribution is 0.0929. The molecule has 4 nitrogen and oxygen atoms in total. The van der Waals surface area contributed by atoms with Crippen LogP contribution in [0.3, 0.4) is 0 Å². The van der Waals surface area contributed by atoms with E-state index in [1.54, 1.807) is 6.20 Å². The summed E-state index contributed by atoms with van der Waals surface area (Å²) in [4.78, 5) is 11.9. The number of nitrogens with zero attached hydrogens (tertiary/aromatic N) is 1. The molecule has 2 atom stereocenters. The van der Waals surface area contributed by atoms with Crippen LogP contribution in [0.5, 0.6) is 0 Å². The van der Waals surface area contributed by atoms with Gasteiger partial charge in [-0.05, 0) is 25.7 Å². The van der Waals surface area contributed by atoms with Crippen LogP contribution in [0.15, 0.2) is 6.20 Å². The summed E-state index contributed by atoms with van der Waals surface area (Å²) >= 11 is 5.87. The zero-order valence-electron chi connectivity index (χ0n) is 9.29. The van der Waals surface area contributed by atoms with Gasteiger partial charge in [0.1, 0.15) is 0 Å². The molecule has 2 N–H and O–H groups in total. The fourth-order valence-electron chi connectivity index (χ4n) is 2.24. The second kappa shape index (κ2) is 4.87. The van der Waals surface area contributed by atoms with Crippen LogP contribution in [0.1, 0.15) is 35.3 Å². The van der Waals surface area contributed by atoms with Gasteiger partial charge in [-0.2, -0.15) is 5.10 Å². The number of amides is 1. The minimum Gasteiger partial charge on any atom is -0.349 e. The van der Waals surface area contributed by atoms with Gasteiger partial charge in [0.25, 0.3) is 5.91 Å². The lowest BCUT2D eigenvalue weighted by Gasteiger charge is -2.18. The van der Waals surface area contributed by atoms with E-state index >= 15 is 0 Å². The maximum Gasteiger partial charge on any atom is 0.254 e. The van der Waals surface area contributed by atoms with Crippen molar-refractivity contribution >= 4 is 17.5 Å². The van der Waals surface area contributed by atoms with E-state index in [0.29, 0.717) is 17.4 Å². The highest BCUT2D eigenvalue weighted by Gasteiger charge is 2.28. The van der Waals surface area contributed by atoms with Crippen LogP contribution in [0.2, 0.25) is 0 Å². The molecule has 0 spiro atoms.